The second-order valence-electron chi connectivity index (χ2n) is 8.89. The number of ether oxygens (including phenoxy) is 1. The highest BCUT2D eigenvalue weighted by Crippen LogP contribution is 2.32. The highest BCUT2D eigenvalue weighted by molar-refractivity contribution is 6.33. The van der Waals surface area contributed by atoms with E-state index in [0.29, 0.717) is 23.7 Å². The number of hydrogen-bond donors (Lipinski definition) is 1. The zero-order valence-corrected chi connectivity index (χ0v) is 20.7. The zero-order chi connectivity index (χ0) is 25.2. The summed E-state index contributed by atoms with van der Waals surface area (Å²) in [6, 6.07) is 15.9. The third-order valence-electron chi connectivity index (χ3n) is 5.88. The number of carbonyl (C=O) groups excluding carboxylic acids is 1. The van der Waals surface area contributed by atoms with Crippen molar-refractivity contribution in [1.29, 1.82) is 0 Å². The van der Waals surface area contributed by atoms with Gasteiger partial charge in [-0.2, -0.15) is 0 Å². The van der Waals surface area contributed by atoms with Crippen molar-refractivity contribution < 1.29 is 13.9 Å². The molecule has 0 aliphatic rings. The Labute approximate surface area is 208 Å². The van der Waals surface area contributed by atoms with Crippen LogP contribution in [0.5, 0.6) is 5.88 Å². The van der Waals surface area contributed by atoms with Crippen LogP contribution in [-0.4, -0.2) is 34.1 Å². The molecule has 0 radical (unpaired) electrons. The van der Waals surface area contributed by atoms with Crippen LogP contribution < -0.4 is 10.1 Å². The zero-order valence-electron chi connectivity index (χ0n) is 20.0. The standard InChI is InChI=1S/C27H26ClFN4O2/c1-17-14-33(16-31-17)23-13-12-22(32-26(23)35-4)25(34)30-15-27(2,3)19-10-8-18(9-11-19)20-6-5-7-21(29)24(20)28/h5-14,16H,15H2,1-4H3,(H,30,34). The topological polar surface area (TPSA) is 69.0 Å². The van der Waals surface area contributed by atoms with E-state index in [2.05, 4.69) is 15.3 Å². The Morgan fingerprint density at radius 1 is 1.14 bits per heavy atom. The Kier molecular flexibility index (Phi) is 6.89. The Morgan fingerprint density at radius 3 is 2.54 bits per heavy atom. The first-order valence-electron chi connectivity index (χ1n) is 11.1. The van der Waals surface area contributed by atoms with Crippen molar-refractivity contribution >= 4 is 17.5 Å². The number of aryl methyl sites for hydroxylation is 1. The number of pyridine rings is 1. The molecule has 0 atom stereocenters. The van der Waals surface area contributed by atoms with Gasteiger partial charge in [0.05, 0.1) is 24.2 Å². The number of carbonyl (C=O) groups is 1. The lowest BCUT2D eigenvalue weighted by Crippen LogP contribution is -2.37. The van der Waals surface area contributed by atoms with E-state index in [1.807, 2.05) is 51.2 Å². The van der Waals surface area contributed by atoms with Gasteiger partial charge in [-0.15, -0.1) is 0 Å². The van der Waals surface area contributed by atoms with Crippen LogP contribution in [0.15, 0.2) is 67.1 Å². The number of nitrogens with zero attached hydrogens (tertiary/aromatic N) is 3. The van der Waals surface area contributed by atoms with Gasteiger partial charge in [0.1, 0.15) is 17.2 Å². The lowest BCUT2D eigenvalue weighted by molar-refractivity contribution is 0.0940. The van der Waals surface area contributed by atoms with Crippen molar-refractivity contribution in [3.63, 3.8) is 0 Å². The van der Waals surface area contributed by atoms with Gasteiger partial charge in [-0.25, -0.2) is 14.4 Å². The van der Waals surface area contributed by atoms with Crippen molar-refractivity contribution in [1.82, 2.24) is 19.9 Å². The molecular weight excluding hydrogens is 467 g/mol. The third kappa shape index (κ3) is 5.20. The maximum absolute atomic E-state index is 13.8. The van der Waals surface area contributed by atoms with E-state index in [0.717, 1.165) is 16.8 Å². The smallest absolute Gasteiger partial charge is 0.270 e. The first-order valence-corrected chi connectivity index (χ1v) is 11.5. The van der Waals surface area contributed by atoms with Crippen molar-refractivity contribution in [3.05, 3.63) is 94.9 Å². The third-order valence-corrected chi connectivity index (χ3v) is 6.26. The number of hydrogen-bond acceptors (Lipinski definition) is 4. The van der Waals surface area contributed by atoms with Gasteiger partial charge in [0.2, 0.25) is 5.88 Å². The summed E-state index contributed by atoms with van der Waals surface area (Å²) in [4.78, 5) is 21.5. The van der Waals surface area contributed by atoms with E-state index in [9.17, 15) is 9.18 Å². The summed E-state index contributed by atoms with van der Waals surface area (Å²) in [6.45, 7) is 6.36. The molecule has 4 aromatic rings. The van der Waals surface area contributed by atoms with Crippen LogP contribution in [0.4, 0.5) is 4.39 Å². The monoisotopic (exact) mass is 492 g/mol. The molecule has 180 valence electrons. The SMILES string of the molecule is COc1nc(C(=O)NCC(C)(C)c2ccc(-c3cccc(F)c3Cl)cc2)ccc1-n1cnc(C)c1. The average molecular weight is 493 g/mol. The number of imidazole rings is 1. The fourth-order valence-electron chi connectivity index (χ4n) is 3.78. The van der Waals surface area contributed by atoms with Gasteiger partial charge in [0.25, 0.3) is 5.91 Å². The van der Waals surface area contributed by atoms with Crippen molar-refractivity contribution in [2.75, 3.05) is 13.7 Å². The summed E-state index contributed by atoms with van der Waals surface area (Å²) in [7, 11) is 1.51. The summed E-state index contributed by atoms with van der Waals surface area (Å²) < 4.78 is 21.0. The molecule has 0 fully saturated rings. The molecule has 6 nitrogen and oxygen atoms in total. The van der Waals surface area contributed by atoms with Gasteiger partial charge in [0.15, 0.2) is 0 Å². The quantitative estimate of drug-likeness (QED) is 0.356. The fourth-order valence-corrected chi connectivity index (χ4v) is 4.02. The predicted octanol–water partition coefficient (Wildman–Crippen LogP) is 5.75. The Hall–Kier alpha value is -3.71. The lowest BCUT2D eigenvalue weighted by atomic mass is 9.84. The minimum atomic E-state index is -0.449. The molecule has 0 saturated carbocycles. The number of nitrogens with one attached hydrogen (secondary N) is 1. The number of benzene rings is 2. The Bertz CT molecular complexity index is 1370. The highest BCUT2D eigenvalue weighted by atomic mass is 35.5. The minimum absolute atomic E-state index is 0.101. The molecule has 0 unspecified atom stereocenters. The molecule has 1 amide bonds. The van der Waals surface area contributed by atoms with Crippen LogP contribution in [0.2, 0.25) is 5.02 Å². The molecule has 0 bridgehead atoms. The molecule has 2 heterocycles. The lowest BCUT2D eigenvalue weighted by Gasteiger charge is -2.26. The normalized spacial score (nSPS) is 11.4. The maximum atomic E-state index is 13.8. The number of halogens is 2. The van der Waals surface area contributed by atoms with E-state index >= 15 is 0 Å². The molecule has 4 rings (SSSR count). The van der Waals surface area contributed by atoms with Crippen LogP contribution in [-0.2, 0) is 5.41 Å². The first kappa shape index (κ1) is 24.4. The van der Waals surface area contributed by atoms with Crippen LogP contribution in [0.3, 0.4) is 0 Å². The van der Waals surface area contributed by atoms with Crippen LogP contribution >= 0.6 is 11.6 Å². The minimum Gasteiger partial charge on any atom is -0.479 e. The van der Waals surface area contributed by atoms with Gasteiger partial charge < -0.3 is 14.6 Å². The summed E-state index contributed by atoms with van der Waals surface area (Å²) >= 11 is 6.13. The van der Waals surface area contributed by atoms with Crippen LogP contribution in [0.1, 0.15) is 35.6 Å². The molecule has 8 heteroatoms. The summed E-state index contributed by atoms with van der Waals surface area (Å²) in [5.74, 6) is -0.413. The van der Waals surface area contributed by atoms with Gasteiger partial charge in [-0.1, -0.05) is 61.8 Å². The molecule has 2 aromatic carbocycles. The van der Waals surface area contributed by atoms with Crippen molar-refractivity contribution in [3.8, 4) is 22.7 Å². The molecular formula is C27H26ClFN4O2. The van der Waals surface area contributed by atoms with Gasteiger partial charge in [0, 0.05) is 23.7 Å². The Balaban J connectivity index is 1.47. The van der Waals surface area contributed by atoms with E-state index in [1.54, 1.807) is 35.2 Å². The Morgan fingerprint density at radius 2 is 1.89 bits per heavy atom. The van der Waals surface area contributed by atoms with Crippen molar-refractivity contribution in [2.45, 2.75) is 26.2 Å². The first-order chi connectivity index (χ1) is 16.7. The van der Waals surface area contributed by atoms with Gasteiger partial charge >= 0.3 is 0 Å². The second-order valence-corrected chi connectivity index (χ2v) is 9.27. The molecule has 1 N–H and O–H groups in total. The molecule has 0 aliphatic carbocycles. The molecule has 0 saturated heterocycles. The van der Waals surface area contributed by atoms with Crippen molar-refractivity contribution in [2.24, 2.45) is 0 Å². The highest BCUT2D eigenvalue weighted by Gasteiger charge is 2.23. The molecule has 2 aromatic heterocycles. The number of aromatic nitrogens is 3. The fraction of sp³-hybridized carbons (Fsp3) is 0.222. The molecule has 0 spiro atoms. The van der Waals surface area contributed by atoms with E-state index in [-0.39, 0.29) is 22.0 Å². The van der Waals surface area contributed by atoms with E-state index < -0.39 is 5.82 Å². The second kappa shape index (κ2) is 9.88. The molecule has 35 heavy (non-hydrogen) atoms. The summed E-state index contributed by atoms with van der Waals surface area (Å²) in [5.41, 5.74) is 3.94. The number of rotatable bonds is 7. The number of amides is 1. The number of methoxy groups -OCH3 is 1. The summed E-state index contributed by atoms with van der Waals surface area (Å²) in [5, 5.41) is 3.07. The maximum Gasteiger partial charge on any atom is 0.270 e. The molecule has 0 aliphatic heterocycles. The van der Waals surface area contributed by atoms with Crippen LogP contribution in [0, 0.1) is 12.7 Å². The predicted molar refractivity (Wildman–Crippen MR) is 135 cm³/mol. The average Bonchev–Trinajstić information content (AvgIpc) is 3.30. The van der Waals surface area contributed by atoms with E-state index in [1.165, 1.54) is 13.2 Å². The van der Waals surface area contributed by atoms with Gasteiger partial charge in [-0.3, -0.25) is 4.79 Å². The van der Waals surface area contributed by atoms with Crippen LogP contribution in [0.25, 0.3) is 16.8 Å². The largest absolute Gasteiger partial charge is 0.479 e. The van der Waals surface area contributed by atoms with E-state index in [4.69, 9.17) is 16.3 Å². The summed E-state index contributed by atoms with van der Waals surface area (Å²) in [6.07, 6.45) is 3.53. The van der Waals surface area contributed by atoms with Gasteiger partial charge in [-0.05, 0) is 36.2 Å².